The van der Waals surface area contributed by atoms with Gasteiger partial charge in [-0.15, -0.1) is 0 Å². The lowest BCUT2D eigenvalue weighted by molar-refractivity contribution is 0.446. The second-order valence-electron chi connectivity index (χ2n) is 6.64. The summed E-state index contributed by atoms with van der Waals surface area (Å²) in [5.41, 5.74) is 20.8. The van der Waals surface area contributed by atoms with E-state index in [4.69, 9.17) is 22.9 Å². The van der Waals surface area contributed by atoms with Crippen LogP contribution in [0.25, 0.3) is 0 Å². The quantitative estimate of drug-likeness (QED) is 0.476. The molecule has 0 aliphatic heterocycles. The summed E-state index contributed by atoms with van der Waals surface area (Å²) < 4.78 is 0. The molecule has 4 heteroatoms. The largest absolute Gasteiger partial charge is 0.326 e. The van der Waals surface area contributed by atoms with Crippen molar-refractivity contribution in [3.8, 4) is 0 Å². The van der Waals surface area contributed by atoms with Gasteiger partial charge in [0, 0.05) is 5.54 Å². The van der Waals surface area contributed by atoms with Gasteiger partial charge in [-0.25, -0.2) is 0 Å². The van der Waals surface area contributed by atoms with Crippen molar-refractivity contribution in [1.82, 2.24) is 0 Å². The summed E-state index contributed by atoms with van der Waals surface area (Å²) >= 11 is 0. The van der Waals surface area contributed by atoms with E-state index >= 15 is 0 Å². The van der Waals surface area contributed by atoms with Crippen LogP contribution in [0.2, 0.25) is 0 Å². The predicted octanol–water partition coefficient (Wildman–Crippen LogP) is 5.73. The molecule has 0 bridgehead atoms. The lowest BCUT2D eigenvalue weighted by Gasteiger charge is -2.13. The Morgan fingerprint density at radius 3 is 0.542 bits per heavy atom. The summed E-state index contributed by atoms with van der Waals surface area (Å²) in [6.45, 7) is 25.0. The smallest absolute Gasteiger partial charge is 0.115 e. The lowest BCUT2D eigenvalue weighted by Crippen LogP contribution is -2.57. The van der Waals surface area contributed by atoms with E-state index in [1.165, 1.54) is 25.7 Å². The van der Waals surface area contributed by atoms with E-state index in [9.17, 15) is 0 Å². The van der Waals surface area contributed by atoms with E-state index < -0.39 is 5.79 Å². The third-order valence-corrected chi connectivity index (χ3v) is 1.52. The van der Waals surface area contributed by atoms with Crippen molar-refractivity contribution >= 4 is 0 Å². The minimum absolute atomic E-state index is 0.0417. The molecule has 0 aromatic heterocycles. The molecule has 0 unspecified atom stereocenters. The highest BCUT2D eigenvalue weighted by Crippen LogP contribution is 1.99. The molecule has 0 aliphatic rings. The standard InChI is InChI=1S/C5H13N.C3H11N3.4C3H8/c1-4-5(2,3)6;1-2-3(4,5)6;4*1-3-2/h4,6H2,1-3H3;2,4-6H2,1H3;4*3H2,1-2H3. The molecule has 0 aromatic carbocycles. The fraction of sp³-hybridized carbons (Fsp3) is 1.00. The van der Waals surface area contributed by atoms with Crippen LogP contribution in [0, 0.1) is 0 Å². The topological polar surface area (TPSA) is 104 Å². The number of rotatable bonds is 2. The Hall–Kier alpha value is -0.160. The van der Waals surface area contributed by atoms with Gasteiger partial charge in [0.05, 0.1) is 0 Å². The predicted molar refractivity (Wildman–Crippen MR) is 118 cm³/mol. The van der Waals surface area contributed by atoms with Gasteiger partial charge < -0.3 is 22.9 Å². The van der Waals surface area contributed by atoms with Gasteiger partial charge in [-0.2, -0.15) is 0 Å². The fourth-order valence-corrected chi connectivity index (χ4v) is 0. The molecular weight excluding hydrogens is 296 g/mol. The van der Waals surface area contributed by atoms with Crippen LogP contribution in [-0.4, -0.2) is 11.3 Å². The molecule has 0 spiro atoms. The number of hydrogen-bond acceptors (Lipinski definition) is 4. The molecule has 0 saturated carbocycles. The van der Waals surface area contributed by atoms with Gasteiger partial charge >= 0.3 is 0 Å². The zero-order valence-electron chi connectivity index (χ0n) is 19.6. The Labute approximate surface area is 156 Å². The Bertz CT molecular complexity index is 125. The molecule has 0 rings (SSSR count). The Morgan fingerprint density at radius 2 is 0.542 bits per heavy atom. The first-order chi connectivity index (χ1) is 10.8. The zero-order valence-corrected chi connectivity index (χ0v) is 19.6. The molecule has 0 fully saturated rings. The Balaban J connectivity index is -0.0000000421. The van der Waals surface area contributed by atoms with E-state index in [1.54, 1.807) is 0 Å². The third-order valence-electron chi connectivity index (χ3n) is 1.52. The van der Waals surface area contributed by atoms with Crippen molar-refractivity contribution in [2.75, 3.05) is 0 Å². The van der Waals surface area contributed by atoms with Gasteiger partial charge in [0.25, 0.3) is 0 Å². The van der Waals surface area contributed by atoms with Gasteiger partial charge in [-0.05, 0) is 26.7 Å². The second-order valence-corrected chi connectivity index (χ2v) is 6.64. The van der Waals surface area contributed by atoms with Crippen LogP contribution in [0.4, 0.5) is 0 Å². The highest BCUT2D eigenvalue weighted by atomic mass is 15.1. The first kappa shape index (κ1) is 39.1. The van der Waals surface area contributed by atoms with Crippen molar-refractivity contribution in [2.45, 2.75) is 133 Å². The van der Waals surface area contributed by atoms with Crippen LogP contribution < -0.4 is 22.9 Å². The van der Waals surface area contributed by atoms with Crippen molar-refractivity contribution in [3.05, 3.63) is 0 Å². The monoisotopic (exact) mass is 352 g/mol. The molecule has 0 radical (unpaired) electrons. The summed E-state index contributed by atoms with van der Waals surface area (Å²) in [6.07, 6.45) is 6.65. The van der Waals surface area contributed by atoms with E-state index in [2.05, 4.69) is 62.3 Å². The summed E-state index contributed by atoms with van der Waals surface area (Å²) in [7, 11) is 0. The van der Waals surface area contributed by atoms with Crippen LogP contribution in [0.1, 0.15) is 122 Å². The summed E-state index contributed by atoms with van der Waals surface area (Å²) in [6, 6.07) is 0. The van der Waals surface area contributed by atoms with E-state index in [-0.39, 0.29) is 5.54 Å². The minimum Gasteiger partial charge on any atom is -0.326 e. The molecule has 156 valence electrons. The van der Waals surface area contributed by atoms with Crippen LogP contribution in [0.15, 0.2) is 0 Å². The Kier molecular flexibility index (Phi) is 55.7. The maximum Gasteiger partial charge on any atom is 0.115 e. The molecule has 24 heavy (non-hydrogen) atoms. The second kappa shape index (κ2) is 34.2. The van der Waals surface area contributed by atoms with E-state index in [0.717, 1.165) is 6.42 Å². The minimum atomic E-state index is -0.958. The van der Waals surface area contributed by atoms with Gasteiger partial charge in [0.1, 0.15) is 5.79 Å². The van der Waals surface area contributed by atoms with E-state index in [0.29, 0.717) is 6.42 Å². The molecular formula is C20H56N4. The van der Waals surface area contributed by atoms with Crippen molar-refractivity contribution in [2.24, 2.45) is 22.9 Å². The van der Waals surface area contributed by atoms with Crippen molar-refractivity contribution < 1.29 is 0 Å². The average Bonchev–Trinajstić information content (AvgIpc) is 2.41. The fourth-order valence-electron chi connectivity index (χ4n) is 0. The maximum absolute atomic E-state index is 5.53. The first-order valence-corrected chi connectivity index (χ1v) is 9.93. The van der Waals surface area contributed by atoms with Gasteiger partial charge in [-0.1, -0.05) is 94.9 Å². The van der Waals surface area contributed by atoms with E-state index in [1.807, 2.05) is 20.8 Å². The van der Waals surface area contributed by atoms with Gasteiger partial charge in [0.2, 0.25) is 0 Å². The molecule has 0 aliphatic carbocycles. The van der Waals surface area contributed by atoms with Gasteiger partial charge in [-0.3, -0.25) is 0 Å². The number of nitrogens with two attached hydrogens (primary N) is 4. The summed E-state index contributed by atoms with van der Waals surface area (Å²) in [5.74, 6) is -0.958. The van der Waals surface area contributed by atoms with Crippen molar-refractivity contribution in [1.29, 1.82) is 0 Å². The molecule has 4 nitrogen and oxygen atoms in total. The number of hydrogen-bond donors (Lipinski definition) is 4. The Morgan fingerprint density at radius 1 is 0.458 bits per heavy atom. The maximum atomic E-state index is 5.53. The highest BCUT2D eigenvalue weighted by molar-refractivity contribution is 4.67. The van der Waals surface area contributed by atoms with Gasteiger partial charge in [0.15, 0.2) is 0 Å². The normalized spacial score (nSPS) is 9.00. The van der Waals surface area contributed by atoms with Crippen LogP contribution in [0.5, 0.6) is 0 Å². The van der Waals surface area contributed by atoms with Crippen LogP contribution in [0.3, 0.4) is 0 Å². The molecule has 0 atom stereocenters. The van der Waals surface area contributed by atoms with Crippen LogP contribution >= 0.6 is 0 Å². The zero-order chi connectivity index (χ0) is 21.2. The molecule has 0 saturated heterocycles. The lowest BCUT2D eigenvalue weighted by atomic mass is 10.1. The molecule has 0 heterocycles. The van der Waals surface area contributed by atoms with Crippen molar-refractivity contribution in [3.63, 3.8) is 0 Å². The molecule has 0 aromatic rings. The highest BCUT2D eigenvalue weighted by Gasteiger charge is 2.04. The third kappa shape index (κ3) is 278. The summed E-state index contributed by atoms with van der Waals surface area (Å²) in [4.78, 5) is 0. The summed E-state index contributed by atoms with van der Waals surface area (Å²) in [5, 5.41) is 0. The van der Waals surface area contributed by atoms with Crippen LogP contribution in [-0.2, 0) is 0 Å². The SMILES string of the molecule is CCC.CCC.CCC.CCC.CCC(C)(C)N.CCC(N)(N)N. The molecule has 0 amide bonds. The molecule has 8 N–H and O–H groups in total. The first-order valence-electron chi connectivity index (χ1n) is 9.93. The average molecular weight is 353 g/mol.